The molecule has 1 aromatic carbocycles. The van der Waals surface area contributed by atoms with E-state index in [4.69, 9.17) is 5.73 Å². The lowest BCUT2D eigenvalue weighted by Gasteiger charge is -2.11. The molecule has 1 heterocycles. The van der Waals surface area contributed by atoms with Gasteiger partial charge in [-0.25, -0.2) is 8.78 Å². The van der Waals surface area contributed by atoms with E-state index in [2.05, 4.69) is 11.9 Å². The molecule has 0 radical (unpaired) electrons. The number of halogens is 2. The zero-order chi connectivity index (χ0) is 13.8. The first-order valence-electron chi connectivity index (χ1n) is 6.22. The summed E-state index contributed by atoms with van der Waals surface area (Å²) in [6.45, 7) is 2.68. The Hall–Kier alpha value is -1.81. The first kappa shape index (κ1) is 13.6. The number of aromatic nitrogens is 1. The van der Waals surface area contributed by atoms with Crippen molar-refractivity contribution in [3.63, 3.8) is 0 Å². The van der Waals surface area contributed by atoms with Crippen LogP contribution in [0.5, 0.6) is 0 Å². The molecule has 2 N–H and O–H groups in total. The summed E-state index contributed by atoms with van der Waals surface area (Å²) in [6, 6.07) is 5.80. The van der Waals surface area contributed by atoms with Gasteiger partial charge in [-0.05, 0) is 48.2 Å². The van der Waals surface area contributed by atoms with Crippen molar-refractivity contribution >= 4 is 0 Å². The predicted octanol–water partition coefficient (Wildman–Crippen LogP) is 3.48. The fourth-order valence-corrected chi connectivity index (χ4v) is 1.98. The van der Waals surface area contributed by atoms with E-state index in [1.165, 1.54) is 6.07 Å². The van der Waals surface area contributed by atoms with Gasteiger partial charge in [-0.15, -0.1) is 0 Å². The van der Waals surface area contributed by atoms with Gasteiger partial charge in [-0.1, -0.05) is 13.0 Å². The van der Waals surface area contributed by atoms with Gasteiger partial charge in [0.05, 0.1) is 0 Å². The first-order chi connectivity index (χ1) is 9.11. The highest BCUT2D eigenvalue weighted by Crippen LogP contribution is 2.25. The molecular weight excluding hydrogens is 246 g/mol. The van der Waals surface area contributed by atoms with E-state index in [0.717, 1.165) is 23.6 Å². The minimum atomic E-state index is -0.849. The number of nitrogens with zero attached hydrogens (tertiary/aromatic N) is 1. The van der Waals surface area contributed by atoms with E-state index in [1.807, 2.05) is 6.07 Å². The molecule has 100 valence electrons. The van der Waals surface area contributed by atoms with E-state index < -0.39 is 11.6 Å². The highest BCUT2D eigenvalue weighted by atomic mass is 19.2. The van der Waals surface area contributed by atoms with Gasteiger partial charge >= 0.3 is 0 Å². The van der Waals surface area contributed by atoms with Crippen LogP contribution in [0.4, 0.5) is 8.78 Å². The summed E-state index contributed by atoms with van der Waals surface area (Å²) in [5.41, 5.74) is 7.99. The Morgan fingerprint density at radius 1 is 1.11 bits per heavy atom. The Kier molecular flexibility index (Phi) is 4.22. The average molecular weight is 262 g/mol. The third kappa shape index (κ3) is 3.15. The van der Waals surface area contributed by atoms with Crippen LogP contribution in [0.2, 0.25) is 0 Å². The molecule has 0 fully saturated rings. The average Bonchev–Trinajstić information content (AvgIpc) is 2.42. The highest BCUT2D eigenvalue weighted by molar-refractivity contribution is 5.63. The highest BCUT2D eigenvalue weighted by Gasteiger charge is 2.09. The van der Waals surface area contributed by atoms with Crippen molar-refractivity contribution in [2.75, 3.05) is 6.54 Å². The number of hydrogen-bond acceptors (Lipinski definition) is 2. The van der Waals surface area contributed by atoms with Crippen LogP contribution in [0.3, 0.4) is 0 Å². The van der Waals surface area contributed by atoms with E-state index in [-0.39, 0.29) is 0 Å². The Labute approximate surface area is 111 Å². The summed E-state index contributed by atoms with van der Waals surface area (Å²) < 4.78 is 26.2. The van der Waals surface area contributed by atoms with Gasteiger partial charge in [0.1, 0.15) is 0 Å². The molecule has 2 nitrogen and oxygen atoms in total. The zero-order valence-corrected chi connectivity index (χ0v) is 10.7. The molecule has 19 heavy (non-hydrogen) atoms. The second-order valence-corrected chi connectivity index (χ2v) is 4.61. The van der Waals surface area contributed by atoms with Crippen molar-refractivity contribution in [3.8, 4) is 11.1 Å². The van der Waals surface area contributed by atoms with Crippen molar-refractivity contribution in [2.45, 2.75) is 19.3 Å². The lowest BCUT2D eigenvalue weighted by atomic mass is 9.96. The lowest BCUT2D eigenvalue weighted by molar-refractivity contribution is 0.509. The lowest BCUT2D eigenvalue weighted by Crippen LogP contribution is -2.05. The molecule has 1 unspecified atom stereocenters. The minimum absolute atomic E-state index is 0.294. The third-order valence-corrected chi connectivity index (χ3v) is 3.18. The first-order valence-corrected chi connectivity index (χ1v) is 6.22. The fraction of sp³-hybridized carbons (Fsp3) is 0.267. The molecule has 0 spiro atoms. The van der Waals surface area contributed by atoms with Crippen molar-refractivity contribution in [3.05, 3.63) is 53.9 Å². The molecule has 0 aliphatic rings. The molecule has 2 rings (SSSR count). The summed E-state index contributed by atoms with van der Waals surface area (Å²) >= 11 is 0. The fourth-order valence-electron chi connectivity index (χ4n) is 1.98. The summed E-state index contributed by atoms with van der Waals surface area (Å²) in [7, 11) is 0. The topological polar surface area (TPSA) is 38.9 Å². The molecule has 2 aromatic rings. The van der Waals surface area contributed by atoms with Crippen LogP contribution in [0, 0.1) is 11.6 Å². The molecular formula is C15H16F2N2. The molecule has 0 saturated heterocycles. The van der Waals surface area contributed by atoms with Gasteiger partial charge in [0.15, 0.2) is 11.6 Å². The van der Waals surface area contributed by atoms with Crippen molar-refractivity contribution in [1.29, 1.82) is 0 Å². The van der Waals surface area contributed by atoms with Crippen molar-refractivity contribution in [2.24, 2.45) is 5.73 Å². The summed E-state index contributed by atoms with van der Waals surface area (Å²) in [5, 5.41) is 0. The number of pyridine rings is 1. The van der Waals surface area contributed by atoms with Gasteiger partial charge in [0.2, 0.25) is 0 Å². The Balaban J connectivity index is 2.34. The molecule has 1 aromatic heterocycles. The monoisotopic (exact) mass is 262 g/mol. The van der Waals surface area contributed by atoms with Gasteiger partial charge in [-0.2, -0.15) is 0 Å². The maximum atomic E-state index is 13.2. The van der Waals surface area contributed by atoms with E-state index in [9.17, 15) is 8.78 Å². The van der Waals surface area contributed by atoms with E-state index in [0.29, 0.717) is 18.0 Å². The predicted molar refractivity (Wildman–Crippen MR) is 71.7 cm³/mol. The molecule has 0 bridgehead atoms. The summed E-state index contributed by atoms with van der Waals surface area (Å²) in [5.74, 6) is -1.40. The van der Waals surface area contributed by atoms with E-state index >= 15 is 0 Å². The maximum absolute atomic E-state index is 13.2. The number of benzene rings is 1. The second kappa shape index (κ2) is 5.89. The van der Waals surface area contributed by atoms with E-state index in [1.54, 1.807) is 18.5 Å². The minimum Gasteiger partial charge on any atom is -0.330 e. The third-order valence-electron chi connectivity index (χ3n) is 3.18. The van der Waals surface area contributed by atoms with Gasteiger partial charge in [0.25, 0.3) is 0 Å². The largest absolute Gasteiger partial charge is 0.330 e. The summed E-state index contributed by atoms with van der Waals surface area (Å²) in [6.07, 6.45) is 4.29. The Morgan fingerprint density at radius 3 is 2.58 bits per heavy atom. The quantitative estimate of drug-likeness (QED) is 0.916. The second-order valence-electron chi connectivity index (χ2n) is 4.61. The van der Waals surface area contributed by atoms with Crippen LogP contribution in [-0.4, -0.2) is 11.5 Å². The van der Waals surface area contributed by atoms with Crippen LogP contribution >= 0.6 is 0 Å². The van der Waals surface area contributed by atoms with Crippen LogP contribution in [0.15, 0.2) is 36.7 Å². The molecule has 1 atom stereocenters. The van der Waals surface area contributed by atoms with Crippen LogP contribution in [0.25, 0.3) is 11.1 Å². The van der Waals surface area contributed by atoms with Crippen LogP contribution in [0.1, 0.15) is 24.8 Å². The smallest absolute Gasteiger partial charge is 0.159 e. The summed E-state index contributed by atoms with van der Waals surface area (Å²) in [4.78, 5) is 4.16. The molecule has 0 aliphatic heterocycles. The van der Waals surface area contributed by atoms with Crippen molar-refractivity contribution < 1.29 is 8.78 Å². The SMILES string of the molecule is CC(CCN)c1cncc(-c2ccc(F)c(F)c2)c1. The van der Waals surface area contributed by atoms with Gasteiger partial charge < -0.3 is 5.73 Å². The van der Waals surface area contributed by atoms with Crippen molar-refractivity contribution in [1.82, 2.24) is 4.98 Å². The Morgan fingerprint density at radius 2 is 1.89 bits per heavy atom. The Bertz CT molecular complexity index is 570. The van der Waals surface area contributed by atoms with Crippen LogP contribution in [-0.2, 0) is 0 Å². The number of rotatable bonds is 4. The number of nitrogens with two attached hydrogens (primary N) is 1. The maximum Gasteiger partial charge on any atom is 0.159 e. The normalized spacial score (nSPS) is 12.4. The molecule has 0 saturated carbocycles. The zero-order valence-electron chi connectivity index (χ0n) is 10.7. The van der Waals surface area contributed by atoms with Crippen LogP contribution < -0.4 is 5.73 Å². The molecule has 0 aliphatic carbocycles. The van der Waals surface area contributed by atoms with Gasteiger partial charge in [0, 0.05) is 18.0 Å². The molecule has 4 heteroatoms. The number of hydrogen-bond donors (Lipinski definition) is 1. The molecule has 0 amide bonds. The van der Waals surface area contributed by atoms with Gasteiger partial charge in [-0.3, -0.25) is 4.98 Å². The standard InChI is InChI=1S/C15H16F2N2/c1-10(4-5-18)12-6-13(9-19-8-12)11-2-3-14(16)15(17)7-11/h2-3,6-10H,4-5,18H2,1H3.